The maximum absolute atomic E-state index is 12.6. The number of quaternary nitrogens is 1. The number of anilines is 1. The van der Waals surface area contributed by atoms with Crippen LogP contribution in [0.25, 0.3) is 21.8 Å². The van der Waals surface area contributed by atoms with Crippen LogP contribution in [0.15, 0.2) is 42.5 Å². The lowest BCUT2D eigenvalue weighted by molar-refractivity contribution is -0.888. The molecule has 1 fully saturated rings. The van der Waals surface area contributed by atoms with Gasteiger partial charge in [-0.05, 0) is 12.1 Å². The second-order valence-corrected chi connectivity index (χ2v) is 7.05. The minimum Gasteiger partial charge on any atom is -0.633 e. The molecule has 1 aromatic heterocycles. The number of ether oxygens (including phenoxy) is 1. The summed E-state index contributed by atoms with van der Waals surface area (Å²) in [6, 6.07) is 12.5. The Hall–Kier alpha value is -2.81. The molecule has 1 aliphatic rings. The summed E-state index contributed by atoms with van der Waals surface area (Å²) < 4.78 is 5.03. The van der Waals surface area contributed by atoms with Gasteiger partial charge in [0, 0.05) is 24.4 Å². The highest BCUT2D eigenvalue weighted by Crippen LogP contribution is 2.36. The second kappa shape index (κ2) is 7.67. The third-order valence-electron chi connectivity index (χ3n) is 5.21. The molecule has 1 aliphatic heterocycles. The van der Waals surface area contributed by atoms with Gasteiger partial charge in [-0.15, -0.1) is 0 Å². The van der Waals surface area contributed by atoms with Gasteiger partial charge in [-0.3, -0.25) is 10.1 Å². The van der Waals surface area contributed by atoms with Crippen molar-refractivity contribution in [2.45, 2.75) is 6.42 Å². The van der Waals surface area contributed by atoms with E-state index >= 15 is 0 Å². The smallest absolute Gasteiger partial charge is 0.280 e. The zero-order valence-electron chi connectivity index (χ0n) is 15.5. The number of morpholine rings is 1. The van der Waals surface area contributed by atoms with Gasteiger partial charge in [0.25, 0.3) is 5.69 Å². The molecule has 0 aliphatic carbocycles. The Balaban J connectivity index is 1.64. The topological polar surface area (TPSA) is 100 Å². The van der Waals surface area contributed by atoms with Gasteiger partial charge in [-0.1, -0.05) is 24.3 Å². The molecule has 2 heterocycles. The SMILES string of the molecule is O=[N+]([O-])c1cccc2nc3ccccc3c(NCCC[N+]3([O-])CCOCC3)c12. The van der Waals surface area contributed by atoms with Crippen molar-refractivity contribution in [3.8, 4) is 0 Å². The molecule has 0 unspecified atom stereocenters. The molecule has 3 aromatic rings. The lowest BCUT2D eigenvalue weighted by Crippen LogP contribution is -2.51. The first-order valence-electron chi connectivity index (χ1n) is 9.42. The molecular formula is C20H22N4O4. The van der Waals surface area contributed by atoms with E-state index in [2.05, 4.69) is 10.3 Å². The number of non-ortho nitro benzene ring substituents is 1. The number of nitrogens with zero attached hydrogens (tertiary/aromatic N) is 3. The molecule has 2 aromatic carbocycles. The number of rotatable bonds is 6. The summed E-state index contributed by atoms with van der Waals surface area (Å²) in [7, 11) is 0. The van der Waals surface area contributed by atoms with Crippen LogP contribution in [0.1, 0.15) is 6.42 Å². The number of hydrogen-bond donors (Lipinski definition) is 1. The Morgan fingerprint density at radius 3 is 2.64 bits per heavy atom. The number of nitrogens with one attached hydrogen (secondary N) is 1. The molecule has 0 amide bonds. The van der Waals surface area contributed by atoms with Gasteiger partial charge >= 0.3 is 0 Å². The Morgan fingerprint density at radius 1 is 1.11 bits per heavy atom. The molecule has 4 rings (SSSR count). The second-order valence-electron chi connectivity index (χ2n) is 7.05. The van der Waals surface area contributed by atoms with E-state index in [1.165, 1.54) is 6.07 Å². The minimum absolute atomic E-state index is 0.0266. The molecule has 1 N–H and O–H groups in total. The van der Waals surface area contributed by atoms with Crippen molar-refractivity contribution in [1.82, 2.24) is 4.98 Å². The molecule has 8 heteroatoms. The first kappa shape index (κ1) is 18.5. The van der Waals surface area contributed by atoms with E-state index in [0.29, 0.717) is 62.4 Å². The first-order chi connectivity index (χ1) is 13.6. The van der Waals surface area contributed by atoms with Gasteiger partial charge in [-0.2, -0.15) is 0 Å². The summed E-state index contributed by atoms with van der Waals surface area (Å²) >= 11 is 0. The van der Waals surface area contributed by atoms with Crippen molar-refractivity contribution in [3.63, 3.8) is 0 Å². The van der Waals surface area contributed by atoms with Crippen molar-refractivity contribution in [3.05, 3.63) is 57.8 Å². The molecule has 0 bridgehead atoms. The monoisotopic (exact) mass is 382 g/mol. The van der Waals surface area contributed by atoms with Gasteiger partial charge < -0.3 is 19.9 Å². The molecule has 0 spiro atoms. The standard InChI is InChI=1S/C20H22N4O4/c25-23(26)18-8-3-7-17-19(18)20(15-5-1-2-6-16(15)22-17)21-9-4-10-24(27)11-13-28-14-12-24/h1-3,5-8H,4,9-14H2,(H,21,22). The lowest BCUT2D eigenvalue weighted by Gasteiger charge is -2.45. The van der Waals surface area contributed by atoms with Crippen LogP contribution < -0.4 is 5.32 Å². The van der Waals surface area contributed by atoms with E-state index in [9.17, 15) is 15.3 Å². The number of fused-ring (bicyclic) bond motifs is 2. The van der Waals surface area contributed by atoms with Gasteiger partial charge in [0.05, 0.1) is 41.4 Å². The Bertz CT molecular complexity index is 1020. The highest BCUT2D eigenvalue weighted by molar-refractivity contribution is 6.11. The summed E-state index contributed by atoms with van der Waals surface area (Å²) in [4.78, 5) is 15.8. The molecule has 28 heavy (non-hydrogen) atoms. The van der Waals surface area contributed by atoms with Crippen LogP contribution in [-0.2, 0) is 4.74 Å². The number of benzene rings is 2. The van der Waals surface area contributed by atoms with Crippen LogP contribution in [0.5, 0.6) is 0 Å². The summed E-state index contributed by atoms with van der Waals surface area (Å²) in [5.74, 6) is 0. The average Bonchev–Trinajstić information content (AvgIpc) is 2.70. The van der Waals surface area contributed by atoms with Crippen LogP contribution in [0.3, 0.4) is 0 Å². The maximum atomic E-state index is 12.6. The van der Waals surface area contributed by atoms with Crippen molar-refractivity contribution in [2.24, 2.45) is 0 Å². The third kappa shape index (κ3) is 3.62. The predicted molar refractivity (Wildman–Crippen MR) is 108 cm³/mol. The Morgan fingerprint density at radius 2 is 1.86 bits per heavy atom. The predicted octanol–water partition coefficient (Wildman–Crippen LogP) is 3.44. The van der Waals surface area contributed by atoms with Crippen LogP contribution in [-0.4, -0.2) is 53.9 Å². The number of nitro benzene ring substituents is 1. The summed E-state index contributed by atoms with van der Waals surface area (Å²) in [5.41, 5.74) is 2.08. The number of nitro groups is 1. The van der Waals surface area contributed by atoms with E-state index in [-0.39, 0.29) is 15.3 Å². The number of para-hydroxylation sites is 1. The van der Waals surface area contributed by atoms with Gasteiger partial charge in [0.15, 0.2) is 0 Å². The number of pyridine rings is 1. The number of hydroxylamine groups is 3. The largest absolute Gasteiger partial charge is 0.633 e. The number of hydrogen-bond acceptors (Lipinski definition) is 6. The summed E-state index contributed by atoms with van der Waals surface area (Å²) in [5, 5.41) is 28.9. The Labute approximate surface area is 162 Å². The molecule has 146 valence electrons. The molecule has 0 atom stereocenters. The fraction of sp³-hybridized carbons (Fsp3) is 0.350. The third-order valence-corrected chi connectivity index (χ3v) is 5.21. The van der Waals surface area contributed by atoms with Crippen LogP contribution in [0.2, 0.25) is 0 Å². The van der Waals surface area contributed by atoms with Crippen molar-refractivity contribution < 1.29 is 14.3 Å². The molecule has 8 nitrogen and oxygen atoms in total. The van der Waals surface area contributed by atoms with Crippen LogP contribution in [0.4, 0.5) is 11.4 Å². The fourth-order valence-corrected chi connectivity index (χ4v) is 3.74. The van der Waals surface area contributed by atoms with Crippen LogP contribution >= 0.6 is 0 Å². The highest BCUT2D eigenvalue weighted by Gasteiger charge is 2.21. The zero-order chi connectivity index (χ0) is 19.6. The van der Waals surface area contributed by atoms with Gasteiger partial charge in [0.1, 0.15) is 18.5 Å². The van der Waals surface area contributed by atoms with E-state index in [4.69, 9.17) is 4.74 Å². The highest BCUT2D eigenvalue weighted by atomic mass is 16.6. The van der Waals surface area contributed by atoms with Crippen molar-refractivity contribution in [1.29, 1.82) is 0 Å². The quantitative estimate of drug-likeness (QED) is 0.175. The van der Waals surface area contributed by atoms with E-state index < -0.39 is 0 Å². The van der Waals surface area contributed by atoms with Gasteiger partial charge in [0.2, 0.25) is 0 Å². The lowest BCUT2D eigenvalue weighted by atomic mass is 10.1. The van der Waals surface area contributed by atoms with Crippen molar-refractivity contribution >= 4 is 33.2 Å². The average molecular weight is 382 g/mol. The van der Waals surface area contributed by atoms with E-state index in [1.807, 2.05) is 24.3 Å². The molecular weight excluding hydrogens is 360 g/mol. The number of aromatic nitrogens is 1. The Kier molecular flexibility index (Phi) is 5.08. The fourth-order valence-electron chi connectivity index (χ4n) is 3.74. The zero-order valence-corrected chi connectivity index (χ0v) is 15.5. The van der Waals surface area contributed by atoms with Gasteiger partial charge in [-0.25, -0.2) is 4.98 Å². The minimum atomic E-state index is -0.379. The molecule has 0 radical (unpaired) electrons. The maximum Gasteiger partial charge on any atom is 0.280 e. The normalized spacial score (nSPS) is 16.3. The van der Waals surface area contributed by atoms with E-state index in [0.717, 1.165) is 10.9 Å². The van der Waals surface area contributed by atoms with Crippen molar-refractivity contribution in [2.75, 3.05) is 44.7 Å². The first-order valence-corrected chi connectivity index (χ1v) is 9.42. The summed E-state index contributed by atoms with van der Waals surface area (Å²) in [6.45, 7) is 3.02. The summed E-state index contributed by atoms with van der Waals surface area (Å²) in [6.07, 6.45) is 0.669. The molecule has 1 saturated heterocycles. The van der Waals surface area contributed by atoms with Crippen LogP contribution in [0, 0.1) is 15.3 Å². The molecule has 0 saturated carbocycles. The van der Waals surface area contributed by atoms with E-state index in [1.54, 1.807) is 12.1 Å².